The van der Waals surface area contributed by atoms with Gasteiger partial charge in [-0.2, -0.15) is 0 Å². The maximum absolute atomic E-state index is 11.8. The SMILES string of the molecule is CC(CC(=O)c1ccco1)NC(=O)c1occc1Br. The molecule has 0 aliphatic heterocycles. The first-order valence-electron chi connectivity index (χ1n) is 5.68. The van der Waals surface area contributed by atoms with E-state index in [0.717, 1.165) is 0 Å². The lowest BCUT2D eigenvalue weighted by Crippen LogP contribution is -2.34. The second-order valence-electron chi connectivity index (χ2n) is 4.08. The van der Waals surface area contributed by atoms with E-state index in [9.17, 15) is 9.59 Å². The molecule has 2 aromatic heterocycles. The van der Waals surface area contributed by atoms with Gasteiger partial charge in [0.15, 0.2) is 11.5 Å². The average Bonchev–Trinajstić information content (AvgIpc) is 2.98. The first kappa shape index (κ1) is 13.6. The fraction of sp³-hybridized carbons (Fsp3) is 0.231. The molecule has 0 aromatic carbocycles. The van der Waals surface area contributed by atoms with Crippen molar-refractivity contribution in [2.75, 3.05) is 0 Å². The van der Waals surface area contributed by atoms with Crippen LogP contribution in [0, 0.1) is 0 Å². The molecule has 0 fully saturated rings. The van der Waals surface area contributed by atoms with Gasteiger partial charge in [0.25, 0.3) is 5.91 Å². The number of carbonyl (C=O) groups excluding carboxylic acids is 2. The predicted molar refractivity (Wildman–Crippen MR) is 71.0 cm³/mol. The number of ketones is 1. The molecule has 1 atom stereocenters. The van der Waals surface area contributed by atoms with Crippen LogP contribution in [0.2, 0.25) is 0 Å². The minimum Gasteiger partial charge on any atom is -0.461 e. The summed E-state index contributed by atoms with van der Waals surface area (Å²) in [4.78, 5) is 23.6. The number of rotatable bonds is 5. The van der Waals surface area contributed by atoms with E-state index < -0.39 is 0 Å². The summed E-state index contributed by atoms with van der Waals surface area (Å²) >= 11 is 3.20. The summed E-state index contributed by atoms with van der Waals surface area (Å²) < 4.78 is 10.6. The third kappa shape index (κ3) is 3.35. The molecule has 0 saturated heterocycles. The molecule has 0 aliphatic carbocycles. The average molecular weight is 326 g/mol. The number of halogens is 1. The summed E-state index contributed by atoms with van der Waals surface area (Å²) in [5.74, 6) is -0.0366. The molecule has 1 unspecified atom stereocenters. The van der Waals surface area contributed by atoms with Crippen LogP contribution in [-0.2, 0) is 0 Å². The van der Waals surface area contributed by atoms with E-state index in [0.29, 0.717) is 10.2 Å². The van der Waals surface area contributed by atoms with Gasteiger partial charge >= 0.3 is 0 Å². The van der Waals surface area contributed by atoms with Crippen molar-refractivity contribution >= 4 is 27.6 Å². The zero-order valence-corrected chi connectivity index (χ0v) is 11.8. The number of carbonyl (C=O) groups is 2. The van der Waals surface area contributed by atoms with E-state index >= 15 is 0 Å². The molecule has 0 radical (unpaired) electrons. The van der Waals surface area contributed by atoms with Crippen molar-refractivity contribution in [3.63, 3.8) is 0 Å². The van der Waals surface area contributed by atoms with Crippen LogP contribution in [0.5, 0.6) is 0 Å². The number of Topliss-reactive ketones (excluding diaryl/α,β-unsaturated/α-hetero) is 1. The summed E-state index contributed by atoms with van der Waals surface area (Å²) in [5.41, 5.74) is 0. The van der Waals surface area contributed by atoms with Crippen LogP contribution in [0.1, 0.15) is 34.5 Å². The minimum atomic E-state index is -0.364. The second kappa shape index (κ2) is 5.88. The van der Waals surface area contributed by atoms with Crippen molar-refractivity contribution in [1.82, 2.24) is 5.32 Å². The van der Waals surface area contributed by atoms with Crippen LogP contribution in [0.3, 0.4) is 0 Å². The number of hydrogen-bond acceptors (Lipinski definition) is 4. The van der Waals surface area contributed by atoms with E-state index in [-0.39, 0.29) is 29.9 Å². The highest BCUT2D eigenvalue weighted by Crippen LogP contribution is 2.17. The van der Waals surface area contributed by atoms with Crippen molar-refractivity contribution in [2.24, 2.45) is 0 Å². The Bertz CT molecular complexity index is 573. The smallest absolute Gasteiger partial charge is 0.288 e. The molecule has 1 N–H and O–H groups in total. The van der Waals surface area contributed by atoms with Crippen molar-refractivity contribution in [3.05, 3.63) is 46.7 Å². The number of nitrogens with one attached hydrogen (secondary N) is 1. The maximum atomic E-state index is 11.8. The van der Waals surface area contributed by atoms with Gasteiger partial charge in [-0.25, -0.2) is 0 Å². The highest BCUT2D eigenvalue weighted by Gasteiger charge is 2.19. The predicted octanol–water partition coefficient (Wildman–Crippen LogP) is 3.03. The van der Waals surface area contributed by atoms with Gasteiger partial charge in [0.2, 0.25) is 5.76 Å². The minimum absolute atomic E-state index is 0.156. The summed E-state index contributed by atoms with van der Waals surface area (Å²) in [6.45, 7) is 1.75. The molecular formula is C13H12BrNO4. The Hall–Kier alpha value is -1.82. The van der Waals surface area contributed by atoms with E-state index in [1.165, 1.54) is 12.5 Å². The molecular weight excluding hydrogens is 314 g/mol. The quantitative estimate of drug-likeness (QED) is 0.857. The second-order valence-corrected chi connectivity index (χ2v) is 4.93. The fourth-order valence-electron chi connectivity index (χ4n) is 1.61. The monoisotopic (exact) mass is 325 g/mol. The lowest BCUT2D eigenvalue weighted by molar-refractivity contribution is 0.0888. The van der Waals surface area contributed by atoms with Crippen molar-refractivity contribution in [2.45, 2.75) is 19.4 Å². The topological polar surface area (TPSA) is 72.5 Å². The Balaban J connectivity index is 1.91. The van der Waals surface area contributed by atoms with Gasteiger partial charge in [-0.05, 0) is 41.1 Å². The molecule has 0 saturated carbocycles. The van der Waals surface area contributed by atoms with Gasteiger partial charge in [-0.15, -0.1) is 0 Å². The largest absolute Gasteiger partial charge is 0.461 e. The Morgan fingerprint density at radius 2 is 2.11 bits per heavy atom. The third-order valence-corrected chi connectivity index (χ3v) is 3.11. The summed E-state index contributed by atoms with van der Waals surface area (Å²) in [5, 5.41) is 2.69. The van der Waals surface area contributed by atoms with Gasteiger partial charge in [0, 0.05) is 12.5 Å². The van der Waals surface area contributed by atoms with Crippen LogP contribution < -0.4 is 5.32 Å². The van der Waals surface area contributed by atoms with Gasteiger partial charge in [0.05, 0.1) is 17.0 Å². The number of hydrogen-bond donors (Lipinski definition) is 1. The van der Waals surface area contributed by atoms with E-state index in [1.54, 1.807) is 25.1 Å². The Kier molecular flexibility index (Phi) is 4.21. The summed E-state index contributed by atoms with van der Waals surface area (Å²) in [7, 11) is 0. The van der Waals surface area contributed by atoms with E-state index in [4.69, 9.17) is 8.83 Å². The molecule has 2 rings (SSSR count). The van der Waals surface area contributed by atoms with Gasteiger partial charge in [-0.1, -0.05) is 0 Å². The molecule has 6 heteroatoms. The van der Waals surface area contributed by atoms with Crippen molar-refractivity contribution in [3.8, 4) is 0 Å². The molecule has 5 nitrogen and oxygen atoms in total. The van der Waals surface area contributed by atoms with Crippen LogP contribution >= 0.6 is 15.9 Å². The Morgan fingerprint density at radius 3 is 2.68 bits per heavy atom. The lowest BCUT2D eigenvalue weighted by Gasteiger charge is -2.11. The van der Waals surface area contributed by atoms with Crippen molar-refractivity contribution in [1.29, 1.82) is 0 Å². The number of amides is 1. The van der Waals surface area contributed by atoms with Crippen molar-refractivity contribution < 1.29 is 18.4 Å². The lowest BCUT2D eigenvalue weighted by atomic mass is 10.1. The first-order valence-corrected chi connectivity index (χ1v) is 6.48. The standard InChI is InChI=1S/C13H12BrNO4/c1-8(7-10(16)11-3-2-5-18-11)15-13(17)12-9(14)4-6-19-12/h2-6,8H,7H2,1H3,(H,15,17). The molecule has 0 bridgehead atoms. The fourth-order valence-corrected chi connectivity index (χ4v) is 1.99. The zero-order valence-electron chi connectivity index (χ0n) is 10.2. The zero-order chi connectivity index (χ0) is 13.8. The summed E-state index contributed by atoms with van der Waals surface area (Å²) in [6.07, 6.45) is 3.02. The maximum Gasteiger partial charge on any atom is 0.288 e. The van der Waals surface area contributed by atoms with E-state index in [2.05, 4.69) is 21.2 Å². The molecule has 1 amide bonds. The molecule has 0 spiro atoms. The van der Waals surface area contributed by atoms with Crippen LogP contribution in [0.15, 0.2) is 44.0 Å². The molecule has 2 aromatic rings. The Morgan fingerprint density at radius 1 is 1.32 bits per heavy atom. The number of furan rings is 2. The summed E-state index contributed by atoms with van der Waals surface area (Å²) in [6, 6.07) is 4.56. The Labute approximate surface area is 118 Å². The molecule has 0 aliphatic rings. The van der Waals surface area contributed by atoms with Crippen LogP contribution in [0.25, 0.3) is 0 Å². The van der Waals surface area contributed by atoms with Crippen LogP contribution in [0.4, 0.5) is 0 Å². The van der Waals surface area contributed by atoms with Gasteiger partial charge in [0.1, 0.15) is 0 Å². The van der Waals surface area contributed by atoms with Gasteiger partial charge in [-0.3, -0.25) is 9.59 Å². The molecule has 2 heterocycles. The highest BCUT2D eigenvalue weighted by molar-refractivity contribution is 9.10. The molecule has 19 heavy (non-hydrogen) atoms. The highest BCUT2D eigenvalue weighted by atomic mass is 79.9. The van der Waals surface area contributed by atoms with E-state index in [1.807, 2.05) is 0 Å². The normalized spacial score (nSPS) is 12.1. The first-order chi connectivity index (χ1) is 9.08. The van der Waals surface area contributed by atoms with Crippen LogP contribution in [-0.4, -0.2) is 17.7 Å². The van der Waals surface area contributed by atoms with Gasteiger partial charge < -0.3 is 14.2 Å². The molecule has 100 valence electrons. The third-order valence-electron chi connectivity index (χ3n) is 2.49.